The summed E-state index contributed by atoms with van der Waals surface area (Å²) in [5.74, 6) is -0.0754. The van der Waals surface area contributed by atoms with Crippen LogP contribution in [0.4, 0.5) is 5.82 Å². The van der Waals surface area contributed by atoms with Gasteiger partial charge in [0.1, 0.15) is 10.7 Å². The molecule has 0 aliphatic heterocycles. The van der Waals surface area contributed by atoms with Gasteiger partial charge in [0, 0.05) is 18.3 Å². The van der Waals surface area contributed by atoms with Crippen LogP contribution in [0.3, 0.4) is 0 Å². The van der Waals surface area contributed by atoms with Crippen LogP contribution in [-0.2, 0) is 13.6 Å². The van der Waals surface area contributed by atoms with Crippen molar-refractivity contribution in [3.63, 3.8) is 0 Å². The Hall–Kier alpha value is -1.83. The first kappa shape index (κ1) is 17.0. The zero-order valence-electron chi connectivity index (χ0n) is 12.5. The van der Waals surface area contributed by atoms with Crippen LogP contribution in [0.25, 0.3) is 0 Å². The van der Waals surface area contributed by atoms with Crippen molar-refractivity contribution in [3.8, 4) is 0 Å². The van der Waals surface area contributed by atoms with Crippen LogP contribution in [0, 0.1) is 0 Å². The maximum atomic E-state index is 12.4. The number of carbonyl (C=O) groups excluding carboxylic acids is 1. The van der Waals surface area contributed by atoms with Crippen molar-refractivity contribution < 1.29 is 4.79 Å². The van der Waals surface area contributed by atoms with E-state index >= 15 is 0 Å². The van der Waals surface area contributed by atoms with E-state index in [-0.39, 0.29) is 11.7 Å². The molecule has 0 fully saturated rings. The van der Waals surface area contributed by atoms with Crippen molar-refractivity contribution in [2.24, 2.45) is 7.05 Å². The van der Waals surface area contributed by atoms with Gasteiger partial charge >= 0.3 is 0 Å². The summed E-state index contributed by atoms with van der Waals surface area (Å²) in [5, 5.41) is 12.0. The standard InChI is InChI=1S/C15H12BrCl2N5O/c1-22-13(10(16)6-19-22)15(24)20-14-12(18)8-23(21-14)7-9-4-2-3-5-11(9)17/h2-6,8H,7H2,1H3,(H,20,21,24). The minimum absolute atomic E-state index is 0.279. The highest BCUT2D eigenvalue weighted by Crippen LogP contribution is 2.23. The van der Waals surface area contributed by atoms with Crippen molar-refractivity contribution in [2.45, 2.75) is 6.54 Å². The fraction of sp³-hybridized carbons (Fsp3) is 0.133. The van der Waals surface area contributed by atoms with Gasteiger partial charge in [0.15, 0.2) is 5.82 Å². The minimum atomic E-state index is -0.355. The molecule has 3 rings (SSSR count). The zero-order chi connectivity index (χ0) is 17.3. The molecule has 0 aliphatic rings. The Bertz CT molecular complexity index is 886. The molecule has 0 unspecified atom stereocenters. The van der Waals surface area contributed by atoms with Gasteiger partial charge in [-0.25, -0.2) is 0 Å². The fourth-order valence-corrected chi connectivity index (χ4v) is 3.12. The van der Waals surface area contributed by atoms with Crippen molar-refractivity contribution in [1.82, 2.24) is 19.6 Å². The SMILES string of the molecule is Cn1ncc(Br)c1C(=O)Nc1nn(Cc2ccccc2Cl)cc1Cl. The zero-order valence-corrected chi connectivity index (χ0v) is 15.6. The van der Waals surface area contributed by atoms with Gasteiger partial charge in [-0.1, -0.05) is 41.4 Å². The first-order valence-electron chi connectivity index (χ1n) is 6.91. The number of aromatic nitrogens is 4. The van der Waals surface area contributed by atoms with Crippen molar-refractivity contribution >= 4 is 50.9 Å². The molecule has 9 heteroatoms. The largest absolute Gasteiger partial charge is 0.302 e. The topological polar surface area (TPSA) is 64.7 Å². The highest BCUT2D eigenvalue weighted by atomic mass is 79.9. The van der Waals surface area contributed by atoms with E-state index < -0.39 is 0 Å². The summed E-state index contributed by atoms with van der Waals surface area (Å²) in [6.45, 7) is 0.449. The second-order valence-corrected chi connectivity index (χ2v) is 6.70. The lowest BCUT2D eigenvalue weighted by Crippen LogP contribution is -2.17. The molecule has 2 heterocycles. The summed E-state index contributed by atoms with van der Waals surface area (Å²) in [4.78, 5) is 12.4. The van der Waals surface area contributed by atoms with Crippen LogP contribution in [0.2, 0.25) is 10.0 Å². The molecule has 1 aromatic carbocycles. The highest BCUT2D eigenvalue weighted by molar-refractivity contribution is 9.10. The predicted molar refractivity (Wildman–Crippen MR) is 96.7 cm³/mol. The van der Waals surface area contributed by atoms with Crippen LogP contribution in [0.5, 0.6) is 0 Å². The van der Waals surface area contributed by atoms with Gasteiger partial charge < -0.3 is 5.32 Å². The molecule has 24 heavy (non-hydrogen) atoms. The lowest BCUT2D eigenvalue weighted by atomic mass is 10.2. The average Bonchev–Trinajstić information content (AvgIpc) is 3.04. The fourth-order valence-electron chi connectivity index (χ4n) is 2.20. The number of nitrogens with one attached hydrogen (secondary N) is 1. The van der Waals surface area contributed by atoms with Gasteiger partial charge in [-0.15, -0.1) is 0 Å². The quantitative estimate of drug-likeness (QED) is 0.683. The summed E-state index contributed by atoms with van der Waals surface area (Å²) >= 11 is 15.6. The van der Waals surface area contributed by atoms with E-state index in [0.717, 1.165) is 5.56 Å². The number of carbonyl (C=O) groups is 1. The second kappa shape index (κ2) is 6.96. The van der Waals surface area contributed by atoms with Gasteiger partial charge in [-0.3, -0.25) is 14.2 Å². The van der Waals surface area contributed by atoms with Gasteiger partial charge in [0.05, 0.1) is 17.2 Å². The van der Waals surface area contributed by atoms with E-state index in [9.17, 15) is 4.79 Å². The molecule has 0 saturated carbocycles. The third-order valence-corrected chi connectivity index (χ3v) is 4.57. The first-order chi connectivity index (χ1) is 11.5. The maximum Gasteiger partial charge on any atom is 0.276 e. The summed E-state index contributed by atoms with van der Waals surface area (Å²) in [7, 11) is 1.68. The van der Waals surface area contributed by atoms with E-state index in [1.807, 2.05) is 24.3 Å². The number of rotatable bonds is 4. The number of benzene rings is 1. The van der Waals surface area contributed by atoms with Gasteiger partial charge in [-0.2, -0.15) is 10.2 Å². The number of aryl methyl sites for hydroxylation is 1. The first-order valence-corrected chi connectivity index (χ1v) is 8.46. The molecule has 0 saturated heterocycles. The predicted octanol–water partition coefficient (Wildman–Crippen LogP) is 3.99. The lowest BCUT2D eigenvalue weighted by Gasteiger charge is -2.05. The van der Waals surface area contributed by atoms with Crippen molar-refractivity contribution in [2.75, 3.05) is 5.32 Å². The third-order valence-electron chi connectivity index (χ3n) is 3.35. The monoisotopic (exact) mass is 427 g/mol. The third kappa shape index (κ3) is 3.48. The Morgan fingerprint density at radius 2 is 2.04 bits per heavy atom. The molecule has 6 nitrogen and oxygen atoms in total. The Morgan fingerprint density at radius 1 is 1.29 bits per heavy atom. The molecule has 0 bridgehead atoms. The van der Waals surface area contributed by atoms with E-state index in [4.69, 9.17) is 23.2 Å². The average molecular weight is 429 g/mol. The molecule has 0 spiro atoms. The molecule has 0 radical (unpaired) electrons. The van der Waals surface area contributed by atoms with Crippen LogP contribution in [-0.4, -0.2) is 25.5 Å². The molecular formula is C15H12BrCl2N5O. The number of hydrogen-bond donors (Lipinski definition) is 1. The molecule has 2 aromatic heterocycles. The number of halogens is 3. The smallest absolute Gasteiger partial charge is 0.276 e. The molecule has 1 N–H and O–H groups in total. The van der Waals surface area contributed by atoms with Gasteiger partial charge in [0.2, 0.25) is 0 Å². The van der Waals surface area contributed by atoms with Crippen molar-refractivity contribution in [1.29, 1.82) is 0 Å². The van der Waals surface area contributed by atoms with E-state index in [2.05, 4.69) is 31.4 Å². The van der Waals surface area contributed by atoms with Crippen molar-refractivity contribution in [3.05, 3.63) is 62.4 Å². The lowest BCUT2D eigenvalue weighted by molar-refractivity contribution is 0.101. The Kier molecular flexibility index (Phi) is 4.93. The molecule has 3 aromatic rings. The maximum absolute atomic E-state index is 12.4. The summed E-state index contributed by atoms with van der Waals surface area (Å²) in [6.07, 6.45) is 3.19. The summed E-state index contributed by atoms with van der Waals surface area (Å²) < 4.78 is 3.68. The molecule has 0 aliphatic carbocycles. The number of nitrogens with zero attached hydrogens (tertiary/aromatic N) is 4. The minimum Gasteiger partial charge on any atom is -0.302 e. The molecule has 124 valence electrons. The van der Waals surface area contributed by atoms with Crippen LogP contribution < -0.4 is 5.32 Å². The number of hydrogen-bond acceptors (Lipinski definition) is 3. The number of amides is 1. The van der Waals surface area contributed by atoms with E-state index in [0.29, 0.717) is 26.8 Å². The van der Waals surface area contributed by atoms with Crippen LogP contribution in [0.15, 0.2) is 41.1 Å². The Balaban J connectivity index is 1.80. The van der Waals surface area contributed by atoms with Crippen LogP contribution >= 0.6 is 39.1 Å². The second-order valence-electron chi connectivity index (χ2n) is 5.03. The number of anilines is 1. The summed E-state index contributed by atoms with van der Waals surface area (Å²) in [6, 6.07) is 7.47. The summed E-state index contributed by atoms with van der Waals surface area (Å²) in [5.41, 5.74) is 1.29. The van der Waals surface area contributed by atoms with E-state index in [1.165, 1.54) is 4.68 Å². The molecule has 1 amide bonds. The Morgan fingerprint density at radius 3 is 2.71 bits per heavy atom. The Labute approximate surface area is 156 Å². The molecular weight excluding hydrogens is 417 g/mol. The van der Waals surface area contributed by atoms with Gasteiger partial charge in [0.25, 0.3) is 5.91 Å². The van der Waals surface area contributed by atoms with E-state index in [1.54, 1.807) is 24.1 Å². The van der Waals surface area contributed by atoms with Gasteiger partial charge in [-0.05, 0) is 27.6 Å². The molecule has 0 atom stereocenters. The highest BCUT2D eigenvalue weighted by Gasteiger charge is 2.18. The normalized spacial score (nSPS) is 10.8. The van der Waals surface area contributed by atoms with Crippen LogP contribution in [0.1, 0.15) is 16.1 Å².